The van der Waals surface area contributed by atoms with Crippen LogP contribution in [-0.2, 0) is 19.9 Å². The average Bonchev–Trinajstić information content (AvgIpc) is 3.81. The van der Waals surface area contributed by atoms with E-state index >= 15 is 0 Å². The number of anilines is 1. The van der Waals surface area contributed by atoms with Crippen LogP contribution in [0, 0.1) is 0 Å². The third-order valence-corrected chi connectivity index (χ3v) is 9.68. The molecule has 0 radical (unpaired) electrons. The van der Waals surface area contributed by atoms with Gasteiger partial charge in [0.25, 0.3) is 0 Å². The summed E-state index contributed by atoms with van der Waals surface area (Å²) in [5.41, 5.74) is 1.96. The van der Waals surface area contributed by atoms with E-state index in [0.717, 1.165) is 55.5 Å². The van der Waals surface area contributed by atoms with E-state index in [4.69, 9.17) is 23.9 Å². The van der Waals surface area contributed by atoms with E-state index in [0.29, 0.717) is 34.8 Å². The summed E-state index contributed by atoms with van der Waals surface area (Å²) in [4.78, 5) is 27.5. The SMILES string of the molecule is CCCCN(C=Nc1nc(NC=O)nc2c1cnn2[C@H]1C[C@H](O)[C@@H](COC(c2ccccc2)(c2ccc(OC)cc2)c2ccc(OC)cc2)O1)CCCC. The van der Waals surface area contributed by atoms with Crippen molar-refractivity contribution in [2.24, 2.45) is 4.99 Å². The van der Waals surface area contributed by atoms with Gasteiger partial charge in [0.1, 0.15) is 23.2 Å². The van der Waals surface area contributed by atoms with E-state index in [1.807, 2.05) is 85.2 Å². The molecule has 13 heteroatoms. The van der Waals surface area contributed by atoms with E-state index in [9.17, 15) is 9.90 Å². The van der Waals surface area contributed by atoms with Crippen LogP contribution >= 0.6 is 0 Å². The summed E-state index contributed by atoms with van der Waals surface area (Å²) in [6.45, 7) is 6.13. The fourth-order valence-electron chi connectivity index (χ4n) is 6.72. The number of rotatable bonds is 19. The van der Waals surface area contributed by atoms with Gasteiger partial charge >= 0.3 is 0 Å². The molecule has 0 saturated carbocycles. The minimum Gasteiger partial charge on any atom is -0.497 e. The molecule has 13 nitrogen and oxygen atoms in total. The number of aliphatic hydroxyl groups is 1. The summed E-state index contributed by atoms with van der Waals surface area (Å²) in [6, 6.07) is 25.5. The summed E-state index contributed by atoms with van der Waals surface area (Å²) < 4.78 is 26.1. The summed E-state index contributed by atoms with van der Waals surface area (Å²) in [5, 5.41) is 19.2. The van der Waals surface area contributed by atoms with Gasteiger partial charge in [0.05, 0.1) is 44.9 Å². The quantitative estimate of drug-likeness (QED) is 0.0410. The first-order chi connectivity index (χ1) is 26.4. The molecule has 1 amide bonds. The second kappa shape index (κ2) is 18.1. The van der Waals surface area contributed by atoms with E-state index in [1.165, 1.54) is 0 Å². The van der Waals surface area contributed by atoms with Gasteiger partial charge in [0.2, 0.25) is 12.4 Å². The summed E-state index contributed by atoms with van der Waals surface area (Å²) in [7, 11) is 3.27. The van der Waals surface area contributed by atoms with Crippen LogP contribution < -0.4 is 14.8 Å². The number of hydrogen-bond acceptors (Lipinski definition) is 10. The van der Waals surface area contributed by atoms with E-state index in [-0.39, 0.29) is 19.0 Å². The van der Waals surface area contributed by atoms with Crippen LogP contribution in [0.2, 0.25) is 0 Å². The number of unbranched alkanes of at least 4 members (excludes halogenated alkanes) is 2. The van der Waals surface area contributed by atoms with Gasteiger partial charge in [-0.25, -0.2) is 9.67 Å². The zero-order valence-electron chi connectivity index (χ0n) is 31.3. The van der Waals surface area contributed by atoms with Crippen molar-refractivity contribution in [2.45, 2.75) is 70.0 Å². The molecule has 0 aliphatic carbocycles. The smallest absolute Gasteiger partial charge is 0.233 e. The van der Waals surface area contributed by atoms with Crippen LogP contribution in [0.5, 0.6) is 11.5 Å². The molecule has 5 aromatic rings. The Morgan fingerprint density at radius 2 is 1.54 bits per heavy atom. The fourth-order valence-corrected chi connectivity index (χ4v) is 6.72. The third kappa shape index (κ3) is 8.38. The van der Waals surface area contributed by atoms with E-state index < -0.39 is 24.0 Å². The molecule has 0 bridgehead atoms. The standard InChI is InChI=1S/C41H49N7O6/c1-5-7-22-47(23-8-6-2)27-42-38-34-25-44-48(39(34)46-40(45-38)43-28-49)37-24-35(50)36(54-37)26-53-41(29-12-10-9-11-13-29,30-14-18-32(51-3)19-15-30)31-16-20-33(52-4)21-17-31/h9-21,25,27-28,35-37,50H,5-8,22-24,26H2,1-4H3,(H,43,45,46,49)/t35-,36+,37+/m0/s1. The maximum absolute atomic E-state index is 11.5. The molecule has 0 spiro atoms. The minimum absolute atomic E-state index is 0.0393. The number of methoxy groups -OCH3 is 2. The lowest BCUT2D eigenvalue weighted by atomic mass is 9.80. The van der Waals surface area contributed by atoms with Gasteiger partial charge in [0, 0.05) is 19.5 Å². The highest BCUT2D eigenvalue weighted by molar-refractivity contribution is 5.88. The van der Waals surface area contributed by atoms with Crippen LogP contribution in [0.25, 0.3) is 11.0 Å². The largest absolute Gasteiger partial charge is 0.497 e. The molecule has 3 aromatic carbocycles. The molecule has 3 heterocycles. The zero-order valence-corrected chi connectivity index (χ0v) is 31.3. The fraction of sp³-hybridized carbons (Fsp3) is 0.390. The highest BCUT2D eigenvalue weighted by atomic mass is 16.6. The molecule has 2 aromatic heterocycles. The molecule has 1 saturated heterocycles. The second-order valence-electron chi connectivity index (χ2n) is 13.2. The molecule has 54 heavy (non-hydrogen) atoms. The predicted molar refractivity (Wildman–Crippen MR) is 207 cm³/mol. The third-order valence-electron chi connectivity index (χ3n) is 9.68. The Balaban J connectivity index is 1.31. The first kappa shape index (κ1) is 38.4. The Bertz CT molecular complexity index is 1910. The number of ether oxygens (including phenoxy) is 4. The Labute approximate surface area is 316 Å². The first-order valence-electron chi connectivity index (χ1n) is 18.5. The van der Waals surface area contributed by atoms with Crippen LogP contribution in [0.3, 0.4) is 0 Å². The lowest BCUT2D eigenvalue weighted by Crippen LogP contribution is -2.38. The number of amides is 1. The summed E-state index contributed by atoms with van der Waals surface area (Å²) >= 11 is 0. The number of nitrogens with zero attached hydrogens (tertiary/aromatic N) is 6. The van der Waals surface area contributed by atoms with Gasteiger partial charge in [0.15, 0.2) is 17.7 Å². The van der Waals surface area contributed by atoms with Gasteiger partial charge in [-0.2, -0.15) is 15.1 Å². The van der Waals surface area contributed by atoms with Crippen molar-refractivity contribution in [2.75, 3.05) is 39.2 Å². The van der Waals surface area contributed by atoms with Crippen molar-refractivity contribution in [1.82, 2.24) is 24.6 Å². The molecule has 2 N–H and O–H groups in total. The van der Waals surface area contributed by atoms with Crippen LogP contribution in [0.1, 0.15) is 68.9 Å². The van der Waals surface area contributed by atoms with Crippen LogP contribution in [-0.4, -0.2) is 88.6 Å². The number of carbonyl (C=O) groups is 1. The molecule has 1 fully saturated rings. The lowest BCUT2D eigenvalue weighted by molar-refractivity contribution is -0.105. The maximum Gasteiger partial charge on any atom is 0.233 e. The Kier molecular flexibility index (Phi) is 12.9. The highest BCUT2D eigenvalue weighted by Gasteiger charge is 2.42. The number of hydrogen-bond donors (Lipinski definition) is 2. The summed E-state index contributed by atoms with van der Waals surface area (Å²) in [5.74, 6) is 1.89. The molecule has 6 rings (SSSR count). The number of aliphatic imine (C=N–C) groups is 1. The van der Waals surface area contributed by atoms with Crippen molar-refractivity contribution in [3.05, 3.63) is 102 Å². The number of benzene rings is 3. The van der Waals surface area contributed by atoms with Crippen molar-refractivity contribution < 1.29 is 28.8 Å². The maximum atomic E-state index is 11.5. The highest BCUT2D eigenvalue weighted by Crippen LogP contribution is 2.43. The Hall–Kier alpha value is -5.37. The van der Waals surface area contributed by atoms with E-state index in [2.05, 4.69) is 39.1 Å². The number of carbonyl (C=O) groups excluding carboxylic acids is 1. The van der Waals surface area contributed by atoms with Gasteiger partial charge in [-0.05, 0) is 53.8 Å². The van der Waals surface area contributed by atoms with Gasteiger partial charge in [-0.15, -0.1) is 0 Å². The molecular weight excluding hydrogens is 686 g/mol. The average molecular weight is 736 g/mol. The van der Waals surface area contributed by atoms with Crippen molar-refractivity contribution in [3.63, 3.8) is 0 Å². The number of fused-ring (bicyclic) bond motifs is 1. The molecule has 0 unspecified atom stereocenters. The topological polar surface area (TPSA) is 145 Å². The summed E-state index contributed by atoms with van der Waals surface area (Å²) in [6.07, 6.45) is 6.17. The minimum atomic E-state index is -1.09. The van der Waals surface area contributed by atoms with Gasteiger partial charge in [-0.3, -0.25) is 10.1 Å². The predicted octanol–water partition coefficient (Wildman–Crippen LogP) is 6.63. The monoisotopic (exact) mass is 735 g/mol. The lowest BCUT2D eigenvalue weighted by Gasteiger charge is -2.37. The second-order valence-corrected chi connectivity index (χ2v) is 13.2. The van der Waals surface area contributed by atoms with Crippen molar-refractivity contribution in [3.8, 4) is 11.5 Å². The van der Waals surface area contributed by atoms with Crippen LogP contribution in [0.15, 0.2) is 90.1 Å². The molecule has 1 aliphatic rings. The van der Waals surface area contributed by atoms with Crippen LogP contribution in [0.4, 0.5) is 11.8 Å². The normalized spacial score (nSPS) is 17.2. The zero-order chi connectivity index (χ0) is 37.9. The number of nitrogens with one attached hydrogen (secondary N) is 1. The number of aromatic nitrogens is 4. The van der Waals surface area contributed by atoms with Crippen molar-refractivity contribution in [1.29, 1.82) is 0 Å². The van der Waals surface area contributed by atoms with Gasteiger partial charge < -0.3 is 29.0 Å². The Morgan fingerprint density at radius 1 is 0.926 bits per heavy atom. The molecule has 3 atom stereocenters. The first-order valence-corrected chi connectivity index (χ1v) is 18.5. The van der Waals surface area contributed by atoms with E-state index in [1.54, 1.807) is 25.1 Å². The molecule has 1 aliphatic heterocycles. The van der Waals surface area contributed by atoms with Gasteiger partial charge in [-0.1, -0.05) is 81.3 Å². The number of aliphatic hydroxyl groups excluding tert-OH is 1. The van der Waals surface area contributed by atoms with Crippen molar-refractivity contribution >= 4 is 35.5 Å². The Morgan fingerprint density at radius 3 is 2.11 bits per heavy atom. The molecule has 284 valence electrons. The molecular formula is C41H49N7O6.